The Hall–Kier alpha value is -3.49. The Morgan fingerprint density at radius 1 is 1.23 bits per heavy atom. The Kier molecular flexibility index (Phi) is 6.61. The van der Waals surface area contributed by atoms with Crippen LogP contribution in [0.4, 0.5) is 5.69 Å². The van der Waals surface area contributed by atoms with Crippen molar-refractivity contribution in [2.75, 3.05) is 32.1 Å². The lowest BCUT2D eigenvalue weighted by Gasteiger charge is -2.16. The maximum absolute atomic E-state index is 12.6. The normalized spacial score (nSPS) is 15.6. The zero-order chi connectivity index (χ0) is 21.7. The van der Waals surface area contributed by atoms with Gasteiger partial charge in [-0.1, -0.05) is 0 Å². The zero-order valence-electron chi connectivity index (χ0n) is 17.3. The van der Waals surface area contributed by atoms with E-state index >= 15 is 0 Å². The second kappa shape index (κ2) is 9.34. The van der Waals surface area contributed by atoms with Gasteiger partial charge in [0.15, 0.2) is 0 Å². The number of benzene rings is 1. The molecule has 2 aromatic rings. The minimum absolute atomic E-state index is 0.00341. The summed E-state index contributed by atoms with van der Waals surface area (Å²) >= 11 is 0. The lowest BCUT2D eigenvalue weighted by atomic mass is 10.1. The van der Waals surface area contributed by atoms with Crippen molar-refractivity contribution in [3.8, 4) is 5.75 Å². The van der Waals surface area contributed by atoms with Crippen LogP contribution in [0.3, 0.4) is 0 Å². The molecule has 3 rings (SSSR count). The first-order valence-corrected chi connectivity index (χ1v) is 9.68. The van der Waals surface area contributed by atoms with Gasteiger partial charge < -0.3 is 20.3 Å². The van der Waals surface area contributed by atoms with Gasteiger partial charge in [-0.15, -0.1) is 0 Å². The molecule has 1 fully saturated rings. The first-order chi connectivity index (χ1) is 14.4. The summed E-state index contributed by atoms with van der Waals surface area (Å²) in [6, 6.07) is 7.04. The highest BCUT2D eigenvalue weighted by atomic mass is 16.5. The third-order valence-corrected chi connectivity index (χ3v) is 4.99. The molecule has 1 unspecified atom stereocenters. The van der Waals surface area contributed by atoms with Gasteiger partial charge >= 0.3 is 0 Å². The van der Waals surface area contributed by atoms with Crippen LogP contribution in [0.25, 0.3) is 0 Å². The van der Waals surface area contributed by atoms with Crippen LogP contribution in [-0.2, 0) is 9.59 Å². The van der Waals surface area contributed by atoms with Gasteiger partial charge in [0.25, 0.3) is 5.91 Å². The summed E-state index contributed by atoms with van der Waals surface area (Å²) in [7, 11) is 1.58. The lowest BCUT2D eigenvalue weighted by molar-refractivity contribution is -0.131. The van der Waals surface area contributed by atoms with Crippen LogP contribution in [0, 0.1) is 6.92 Å². The topological polar surface area (TPSA) is 114 Å². The van der Waals surface area contributed by atoms with E-state index in [1.54, 1.807) is 43.2 Å². The summed E-state index contributed by atoms with van der Waals surface area (Å²) < 4.78 is 5.11. The molecule has 0 radical (unpaired) electrons. The molecule has 1 aromatic heterocycles. The molecule has 0 aliphatic carbocycles. The fraction of sp³-hybridized carbons (Fsp3) is 0.381. The average molecular weight is 411 g/mol. The fourth-order valence-electron chi connectivity index (χ4n) is 3.29. The van der Waals surface area contributed by atoms with Gasteiger partial charge in [0.2, 0.25) is 11.8 Å². The molecule has 1 aromatic carbocycles. The van der Waals surface area contributed by atoms with Gasteiger partial charge in [0.1, 0.15) is 11.6 Å². The zero-order valence-corrected chi connectivity index (χ0v) is 17.3. The molecule has 2 heterocycles. The number of hydrogen-bond acceptors (Lipinski definition) is 6. The van der Waals surface area contributed by atoms with E-state index in [1.807, 2.05) is 0 Å². The maximum Gasteiger partial charge on any atom is 0.259 e. The van der Waals surface area contributed by atoms with Gasteiger partial charge in [-0.25, -0.2) is 9.97 Å². The molecule has 9 nitrogen and oxygen atoms in total. The number of aromatic nitrogens is 2. The molecule has 3 amide bonds. The summed E-state index contributed by atoms with van der Waals surface area (Å²) in [5.74, 6) is 0.675. The molecule has 0 spiro atoms. The van der Waals surface area contributed by atoms with Crippen LogP contribution < -0.4 is 15.4 Å². The average Bonchev–Trinajstić information content (AvgIpc) is 3.22. The molecule has 1 aliphatic rings. The number of rotatable bonds is 6. The van der Waals surface area contributed by atoms with Gasteiger partial charge in [-0.05, 0) is 37.6 Å². The van der Waals surface area contributed by atoms with Gasteiger partial charge in [-0.2, -0.15) is 0 Å². The third kappa shape index (κ3) is 5.11. The van der Waals surface area contributed by atoms with Crippen molar-refractivity contribution in [1.29, 1.82) is 0 Å². The van der Waals surface area contributed by atoms with E-state index in [-0.39, 0.29) is 30.2 Å². The second-order valence-electron chi connectivity index (χ2n) is 7.15. The number of nitrogens with zero attached hydrogens (tertiary/aromatic N) is 3. The van der Waals surface area contributed by atoms with Gasteiger partial charge in [0.05, 0.1) is 24.9 Å². The number of likely N-dealkylation sites (tertiary alicyclic amines) is 1. The first-order valence-electron chi connectivity index (χ1n) is 9.68. The number of carbonyl (C=O) groups excluding carboxylic acids is 3. The van der Waals surface area contributed by atoms with Crippen LogP contribution >= 0.6 is 0 Å². The Bertz CT molecular complexity index is 945. The van der Waals surface area contributed by atoms with E-state index < -0.39 is 0 Å². The summed E-state index contributed by atoms with van der Waals surface area (Å²) in [4.78, 5) is 46.3. The molecule has 1 saturated heterocycles. The number of amides is 3. The van der Waals surface area contributed by atoms with Crippen LogP contribution in [-0.4, -0.2) is 59.3 Å². The summed E-state index contributed by atoms with van der Waals surface area (Å²) in [5.41, 5.74) is 1.62. The summed E-state index contributed by atoms with van der Waals surface area (Å²) in [5, 5.41) is 5.34. The van der Waals surface area contributed by atoms with E-state index in [0.29, 0.717) is 41.6 Å². The largest absolute Gasteiger partial charge is 0.497 e. The Morgan fingerprint density at radius 3 is 2.60 bits per heavy atom. The predicted molar refractivity (Wildman–Crippen MR) is 110 cm³/mol. The van der Waals surface area contributed by atoms with E-state index in [4.69, 9.17) is 4.74 Å². The molecule has 9 heteroatoms. The smallest absolute Gasteiger partial charge is 0.259 e. The number of hydrogen-bond donors (Lipinski definition) is 2. The number of nitrogens with one attached hydrogen (secondary N) is 2. The van der Waals surface area contributed by atoms with Crippen LogP contribution in [0.1, 0.15) is 41.1 Å². The van der Waals surface area contributed by atoms with E-state index in [2.05, 4.69) is 20.6 Å². The molecular formula is C21H25N5O4. The fourth-order valence-corrected chi connectivity index (χ4v) is 3.29. The predicted octanol–water partition coefficient (Wildman–Crippen LogP) is 1.50. The lowest BCUT2D eigenvalue weighted by Crippen LogP contribution is -2.38. The van der Waals surface area contributed by atoms with Crippen molar-refractivity contribution in [2.24, 2.45) is 0 Å². The Balaban J connectivity index is 1.62. The number of ether oxygens (including phenoxy) is 1. The quantitative estimate of drug-likeness (QED) is 0.745. The van der Waals surface area contributed by atoms with Crippen molar-refractivity contribution in [2.45, 2.75) is 26.2 Å². The highest BCUT2D eigenvalue weighted by Gasteiger charge is 2.29. The van der Waals surface area contributed by atoms with Crippen molar-refractivity contribution in [3.63, 3.8) is 0 Å². The van der Waals surface area contributed by atoms with Crippen LogP contribution in [0.15, 0.2) is 30.5 Å². The van der Waals surface area contributed by atoms with Crippen molar-refractivity contribution in [3.05, 3.63) is 47.5 Å². The number of aryl methyl sites for hydroxylation is 1. The van der Waals surface area contributed by atoms with Crippen molar-refractivity contribution >= 4 is 23.4 Å². The molecule has 158 valence electrons. The number of anilines is 1. The highest BCUT2D eigenvalue weighted by molar-refractivity contribution is 6.04. The van der Waals surface area contributed by atoms with Crippen molar-refractivity contribution < 1.29 is 19.1 Å². The van der Waals surface area contributed by atoms with E-state index in [0.717, 1.165) is 6.42 Å². The second-order valence-corrected chi connectivity index (χ2v) is 7.15. The maximum atomic E-state index is 12.6. The molecule has 2 N–H and O–H groups in total. The van der Waals surface area contributed by atoms with E-state index in [9.17, 15) is 14.4 Å². The molecular weight excluding hydrogens is 386 g/mol. The standard InChI is InChI=1S/C21H25N5O4/c1-13-18(21(29)25-16-4-6-17(30-3)7-5-16)10-23-20(24-13)15-8-9-26(12-15)19(28)11-22-14(2)27/h4-7,10,15H,8-9,11-12H2,1-3H3,(H,22,27)(H,25,29). The molecule has 1 aliphatic heterocycles. The van der Waals surface area contributed by atoms with Gasteiger partial charge in [-0.3, -0.25) is 14.4 Å². The third-order valence-electron chi connectivity index (χ3n) is 4.99. The molecule has 30 heavy (non-hydrogen) atoms. The van der Waals surface area contributed by atoms with Crippen molar-refractivity contribution in [1.82, 2.24) is 20.2 Å². The summed E-state index contributed by atoms with van der Waals surface area (Å²) in [6.45, 7) is 4.22. The van der Waals surface area contributed by atoms with Crippen LogP contribution in [0.2, 0.25) is 0 Å². The molecule has 0 saturated carbocycles. The SMILES string of the molecule is COc1ccc(NC(=O)c2cnc(C3CCN(C(=O)CNC(C)=O)C3)nc2C)cc1. The molecule has 0 bridgehead atoms. The van der Waals surface area contributed by atoms with Gasteiger partial charge in [0, 0.05) is 37.8 Å². The number of carbonyl (C=O) groups is 3. The minimum Gasteiger partial charge on any atom is -0.497 e. The summed E-state index contributed by atoms with van der Waals surface area (Å²) in [6.07, 6.45) is 2.26. The Labute approximate surface area is 174 Å². The highest BCUT2D eigenvalue weighted by Crippen LogP contribution is 2.25. The van der Waals surface area contributed by atoms with E-state index in [1.165, 1.54) is 13.1 Å². The van der Waals surface area contributed by atoms with Crippen LogP contribution in [0.5, 0.6) is 5.75 Å². The Morgan fingerprint density at radius 2 is 1.97 bits per heavy atom. The number of methoxy groups -OCH3 is 1. The first kappa shape index (κ1) is 21.2. The monoisotopic (exact) mass is 411 g/mol. The minimum atomic E-state index is -0.289. The molecule has 1 atom stereocenters.